The summed E-state index contributed by atoms with van der Waals surface area (Å²) in [4.78, 5) is 0. The Morgan fingerprint density at radius 1 is 1.57 bits per heavy atom. The van der Waals surface area contributed by atoms with E-state index in [1.165, 1.54) is 6.04 Å². The molecule has 1 heteroatoms. The minimum Gasteiger partial charge on any atom is -0.0881 e. The van der Waals surface area contributed by atoms with Crippen LogP contribution in [0, 0.1) is 0 Å². The van der Waals surface area contributed by atoms with Crippen LogP contribution in [0.4, 0.5) is 0 Å². The molecule has 0 saturated carbocycles. The molecular formula is C6H12Si. The molecule has 0 atom stereocenters. The Morgan fingerprint density at radius 2 is 2.29 bits per heavy atom. The first-order valence-electron chi connectivity index (χ1n) is 2.69. The van der Waals surface area contributed by atoms with Crippen molar-refractivity contribution in [3.63, 3.8) is 0 Å². The standard InChI is InChI=1S/C6H12Si/c1-3-5-6-7-4-2/h3,5-7H,4H2,1-2H3. The van der Waals surface area contributed by atoms with E-state index in [1.807, 2.05) is 6.92 Å². The first-order chi connectivity index (χ1) is 3.41. The third-order valence-electron chi connectivity index (χ3n) is 0.675. The molecule has 0 saturated heterocycles. The Kier molecular flexibility index (Phi) is 5.68. The fourth-order valence-corrected chi connectivity index (χ4v) is 0.977. The van der Waals surface area contributed by atoms with Crippen LogP contribution in [0.2, 0.25) is 6.04 Å². The fourth-order valence-electron chi connectivity index (χ4n) is 0.326. The van der Waals surface area contributed by atoms with Crippen LogP contribution in [0.3, 0.4) is 0 Å². The van der Waals surface area contributed by atoms with Gasteiger partial charge in [-0.05, 0) is 22.1 Å². The molecule has 0 aromatic heterocycles. The molecule has 0 aromatic carbocycles. The van der Waals surface area contributed by atoms with E-state index < -0.39 is 0 Å². The van der Waals surface area contributed by atoms with Crippen molar-refractivity contribution in [1.82, 2.24) is 0 Å². The van der Waals surface area contributed by atoms with Crippen molar-refractivity contribution < 1.29 is 0 Å². The molecule has 0 bridgehead atoms. The summed E-state index contributed by atoms with van der Waals surface area (Å²) in [6.07, 6.45) is 4.20. The average molecular weight is 112 g/mol. The van der Waals surface area contributed by atoms with Crippen LogP contribution in [-0.4, -0.2) is 14.8 Å². The van der Waals surface area contributed by atoms with Crippen molar-refractivity contribution in [3.05, 3.63) is 12.2 Å². The number of allylic oxidation sites excluding steroid dienone is 2. The highest BCUT2D eigenvalue weighted by atomic mass is 28.2. The van der Waals surface area contributed by atoms with Gasteiger partial charge in [-0.1, -0.05) is 24.7 Å². The number of hydrogen-bond acceptors (Lipinski definition) is 0. The maximum atomic E-state index is 2.26. The van der Waals surface area contributed by atoms with Crippen molar-refractivity contribution in [2.45, 2.75) is 19.9 Å². The summed E-state index contributed by atoms with van der Waals surface area (Å²) < 4.78 is 0. The summed E-state index contributed by atoms with van der Waals surface area (Å²) in [7, 11) is 0.604. The SMILES string of the molecule is CC=CC=[SiH]CC. The van der Waals surface area contributed by atoms with Crippen LogP contribution in [0.25, 0.3) is 0 Å². The summed E-state index contributed by atoms with van der Waals surface area (Å²) in [5, 5.41) is 0. The second kappa shape index (κ2) is 5.83. The monoisotopic (exact) mass is 112 g/mol. The molecular weight excluding hydrogens is 100 g/mol. The van der Waals surface area contributed by atoms with E-state index in [4.69, 9.17) is 0 Å². The Hall–Kier alpha value is -0.173. The van der Waals surface area contributed by atoms with E-state index in [0.717, 1.165) is 0 Å². The van der Waals surface area contributed by atoms with Crippen molar-refractivity contribution in [2.24, 2.45) is 0 Å². The van der Waals surface area contributed by atoms with E-state index >= 15 is 0 Å². The molecule has 40 valence electrons. The normalized spacial score (nSPS) is 11.7. The molecule has 0 aliphatic rings. The Balaban J connectivity index is 3.09. The van der Waals surface area contributed by atoms with Gasteiger partial charge in [0.25, 0.3) is 0 Å². The second-order valence-corrected chi connectivity index (χ2v) is 3.03. The molecule has 0 aliphatic heterocycles. The smallest absolute Gasteiger partial charge is 0.00712 e. The molecule has 0 N–H and O–H groups in total. The summed E-state index contributed by atoms with van der Waals surface area (Å²) in [5.74, 6) is 0. The zero-order valence-electron chi connectivity index (χ0n) is 5.02. The van der Waals surface area contributed by atoms with Gasteiger partial charge in [-0.2, -0.15) is 0 Å². The number of hydrogen-bond donors (Lipinski definition) is 0. The molecule has 0 fully saturated rings. The first-order valence-corrected chi connectivity index (χ1v) is 4.18. The van der Waals surface area contributed by atoms with Gasteiger partial charge in [-0.25, -0.2) is 0 Å². The molecule has 0 amide bonds. The highest BCUT2D eigenvalue weighted by molar-refractivity contribution is 6.48. The molecule has 7 heavy (non-hydrogen) atoms. The van der Waals surface area contributed by atoms with Gasteiger partial charge in [0.2, 0.25) is 0 Å². The van der Waals surface area contributed by atoms with Crippen LogP contribution in [-0.2, 0) is 0 Å². The molecule has 0 nitrogen and oxygen atoms in total. The van der Waals surface area contributed by atoms with Gasteiger partial charge in [-0.3, -0.25) is 0 Å². The summed E-state index contributed by atoms with van der Waals surface area (Å²) in [6, 6.07) is 1.34. The highest BCUT2D eigenvalue weighted by Crippen LogP contribution is 1.64. The molecule has 0 unspecified atom stereocenters. The Morgan fingerprint density at radius 3 is 2.71 bits per heavy atom. The summed E-state index contributed by atoms with van der Waals surface area (Å²) >= 11 is 0. The Labute approximate surface area is 47.7 Å². The highest BCUT2D eigenvalue weighted by Gasteiger charge is 1.58. The molecule has 0 radical (unpaired) electrons. The van der Waals surface area contributed by atoms with Gasteiger partial charge in [0.15, 0.2) is 0 Å². The van der Waals surface area contributed by atoms with Crippen LogP contribution < -0.4 is 0 Å². The zero-order chi connectivity index (χ0) is 5.54. The Bertz CT molecular complexity index is 72.2. The van der Waals surface area contributed by atoms with Gasteiger partial charge in [-0.15, -0.1) is 0 Å². The van der Waals surface area contributed by atoms with Crippen LogP contribution >= 0.6 is 0 Å². The maximum absolute atomic E-state index is 2.26. The third-order valence-corrected chi connectivity index (χ3v) is 1.64. The zero-order valence-corrected chi connectivity index (χ0v) is 6.17. The predicted octanol–water partition coefficient (Wildman–Crippen LogP) is 1.24. The quantitative estimate of drug-likeness (QED) is 0.471. The summed E-state index contributed by atoms with van der Waals surface area (Å²) in [5.41, 5.74) is 2.26. The lowest BCUT2D eigenvalue weighted by Gasteiger charge is -1.69. The summed E-state index contributed by atoms with van der Waals surface area (Å²) in [6.45, 7) is 4.26. The van der Waals surface area contributed by atoms with Gasteiger partial charge in [0, 0.05) is 0 Å². The van der Waals surface area contributed by atoms with Crippen LogP contribution in [0.5, 0.6) is 0 Å². The average Bonchev–Trinajstić information content (AvgIpc) is 1.69. The lowest BCUT2D eigenvalue weighted by Crippen LogP contribution is -1.73. The van der Waals surface area contributed by atoms with Gasteiger partial charge >= 0.3 is 0 Å². The molecule has 0 heterocycles. The van der Waals surface area contributed by atoms with E-state index in [0.29, 0.717) is 9.13 Å². The van der Waals surface area contributed by atoms with Crippen molar-refractivity contribution in [2.75, 3.05) is 0 Å². The molecule has 0 spiro atoms. The van der Waals surface area contributed by atoms with E-state index in [-0.39, 0.29) is 0 Å². The predicted molar refractivity (Wildman–Crippen MR) is 38.5 cm³/mol. The van der Waals surface area contributed by atoms with E-state index in [2.05, 4.69) is 24.7 Å². The first kappa shape index (κ1) is 6.83. The van der Waals surface area contributed by atoms with Gasteiger partial charge in [0.1, 0.15) is 0 Å². The van der Waals surface area contributed by atoms with Crippen molar-refractivity contribution in [3.8, 4) is 0 Å². The molecule has 0 rings (SSSR count). The third kappa shape index (κ3) is 5.83. The van der Waals surface area contributed by atoms with Gasteiger partial charge in [0.05, 0.1) is 0 Å². The largest absolute Gasteiger partial charge is 0.0881 e. The van der Waals surface area contributed by atoms with Crippen LogP contribution in [0.1, 0.15) is 13.8 Å². The van der Waals surface area contributed by atoms with Gasteiger partial charge < -0.3 is 0 Å². The van der Waals surface area contributed by atoms with Crippen molar-refractivity contribution >= 4 is 14.8 Å². The fraction of sp³-hybridized carbons (Fsp3) is 0.500. The van der Waals surface area contributed by atoms with Crippen LogP contribution in [0.15, 0.2) is 12.2 Å². The van der Waals surface area contributed by atoms with Crippen molar-refractivity contribution in [1.29, 1.82) is 0 Å². The van der Waals surface area contributed by atoms with E-state index in [9.17, 15) is 0 Å². The lowest BCUT2D eigenvalue weighted by atomic mass is 10.6. The van der Waals surface area contributed by atoms with E-state index in [1.54, 1.807) is 0 Å². The topological polar surface area (TPSA) is 0 Å². The minimum absolute atomic E-state index is 0.604. The molecule has 0 aliphatic carbocycles. The lowest BCUT2D eigenvalue weighted by molar-refractivity contribution is 1.48. The second-order valence-electron chi connectivity index (χ2n) is 1.36. The molecule has 0 aromatic rings. The maximum Gasteiger partial charge on any atom is -0.00712 e. The number of rotatable bonds is 2. The minimum atomic E-state index is 0.604.